The molecule has 1 amide bonds. The second-order valence-electron chi connectivity index (χ2n) is 6.66. The number of fused-ring (bicyclic) bond motifs is 1. The van der Waals surface area contributed by atoms with E-state index < -0.39 is 5.56 Å². The van der Waals surface area contributed by atoms with Crippen LogP contribution >= 0.6 is 0 Å². The summed E-state index contributed by atoms with van der Waals surface area (Å²) in [7, 11) is 6.10. The normalized spacial score (nSPS) is 10.6. The van der Waals surface area contributed by atoms with Gasteiger partial charge in [0, 0.05) is 11.9 Å². The number of hydrogen-bond donors (Lipinski definition) is 1. The Morgan fingerprint density at radius 3 is 2.35 bits per heavy atom. The standard InChI is InChI=1S/C22H25N3O6/c1-28-16-7-5-14(11-18(16)30-3)9-10-23-19(26)13-25-22(27)20-15(12-24-25)6-8-17(29-2)21(20)31-4/h5-8,11-12H,9-10,13H2,1-4H3,(H,23,26). The van der Waals surface area contributed by atoms with E-state index in [1.54, 1.807) is 26.4 Å². The van der Waals surface area contributed by atoms with E-state index in [0.29, 0.717) is 46.7 Å². The molecule has 2 aromatic carbocycles. The Bertz CT molecular complexity index is 1140. The van der Waals surface area contributed by atoms with Gasteiger partial charge in [-0.15, -0.1) is 0 Å². The first kappa shape index (κ1) is 21.9. The van der Waals surface area contributed by atoms with Crippen molar-refractivity contribution in [2.45, 2.75) is 13.0 Å². The van der Waals surface area contributed by atoms with Crippen molar-refractivity contribution in [3.8, 4) is 23.0 Å². The van der Waals surface area contributed by atoms with Crippen molar-refractivity contribution in [2.75, 3.05) is 35.0 Å². The van der Waals surface area contributed by atoms with Gasteiger partial charge in [-0.3, -0.25) is 9.59 Å². The van der Waals surface area contributed by atoms with Gasteiger partial charge in [-0.05, 0) is 36.2 Å². The highest BCUT2D eigenvalue weighted by Crippen LogP contribution is 2.32. The number of benzene rings is 2. The zero-order valence-electron chi connectivity index (χ0n) is 17.9. The molecule has 3 rings (SSSR count). The number of nitrogens with one attached hydrogen (secondary N) is 1. The van der Waals surface area contributed by atoms with Gasteiger partial charge in [0.1, 0.15) is 6.54 Å². The van der Waals surface area contributed by atoms with Gasteiger partial charge in [-0.1, -0.05) is 6.07 Å². The number of ether oxygens (including phenoxy) is 4. The largest absolute Gasteiger partial charge is 0.493 e. The lowest BCUT2D eigenvalue weighted by Gasteiger charge is -2.12. The maximum atomic E-state index is 12.9. The third-order valence-corrected chi connectivity index (χ3v) is 4.84. The number of rotatable bonds is 9. The summed E-state index contributed by atoms with van der Waals surface area (Å²) in [4.78, 5) is 25.3. The van der Waals surface area contributed by atoms with Crippen molar-refractivity contribution in [2.24, 2.45) is 0 Å². The third kappa shape index (κ3) is 4.71. The van der Waals surface area contributed by atoms with Gasteiger partial charge < -0.3 is 24.3 Å². The van der Waals surface area contributed by atoms with Crippen molar-refractivity contribution < 1.29 is 23.7 Å². The second kappa shape index (κ2) is 9.84. The molecule has 9 nitrogen and oxygen atoms in total. The Morgan fingerprint density at radius 1 is 0.968 bits per heavy atom. The highest BCUT2D eigenvalue weighted by Gasteiger charge is 2.16. The molecule has 0 fully saturated rings. The first-order chi connectivity index (χ1) is 15.0. The molecule has 0 atom stereocenters. The smallest absolute Gasteiger partial charge is 0.279 e. The van der Waals surface area contributed by atoms with Crippen LogP contribution in [-0.2, 0) is 17.8 Å². The molecule has 164 valence electrons. The summed E-state index contributed by atoms with van der Waals surface area (Å²) in [5.41, 5.74) is 0.555. The monoisotopic (exact) mass is 427 g/mol. The minimum atomic E-state index is -0.428. The number of amides is 1. The van der Waals surface area contributed by atoms with Crippen molar-refractivity contribution in [3.05, 3.63) is 52.4 Å². The van der Waals surface area contributed by atoms with E-state index in [1.807, 2.05) is 18.2 Å². The summed E-state index contributed by atoms with van der Waals surface area (Å²) in [5, 5.41) is 7.83. The molecule has 3 aromatic rings. The van der Waals surface area contributed by atoms with Gasteiger partial charge in [0.15, 0.2) is 23.0 Å². The molecule has 31 heavy (non-hydrogen) atoms. The third-order valence-electron chi connectivity index (χ3n) is 4.84. The predicted octanol–water partition coefficient (Wildman–Crippen LogP) is 1.79. The summed E-state index contributed by atoms with van der Waals surface area (Å²) in [6.07, 6.45) is 2.12. The Hall–Kier alpha value is -3.75. The fourth-order valence-electron chi connectivity index (χ4n) is 3.27. The van der Waals surface area contributed by atoms with Crippen LogP contribution in [0.2, 0.25) is 0 Å². The number of carbonyl (C=O) groups excluding carboxylic acids is 1. The van der Waals surface area contributed by atoms with Gasteiger partial charge in [-0.2, -0.15) is 5.10 Å². The molecule has 0 bridgehead atoms. The molecular formula is C22H25N3O6. The van der Waals surface area contributed by atoms with Crippen LogP contribution in [0.4, 0.5) is 0 Å². The summed E-state index contributed by atoms with van der Waals surface area (Å²) in [6.45, 7) is 0.189. The summed E-state index contributed by atoms with van der Waals surface area (Å²) >= 11 is 0. The van der Waals surface area contributed by atoms with Crippen molar-refractivity contribution in [1.29, 1.82) is 0 Å². The molecule has 0 spiro atoms. The van der Waals surface area contributed by atoms with Crippen LogP contribution in [-0.4, -0.2) is 50.7 Å². The minimum Gasteiger partial charge on any atom is -0.493 e. The molecule has 0 aliphatic carbocycles. The second-order valence-corrected chi connectivity index (χ2v) is 6.66. The fraction of sp³-hybridized carbons (Fsp3) is 0.318. The summed E-state index contributed by atoms with van der Waals surface area (Å²) in [5.74, 6) is 1.70. The van der Waals surface area contributed by atoms with E-state index in [9.17, 15) is 9.59 Å². The Kier molecular flexibility index (Phi) is 6.96. The molecular weight excluding hydrogens is 402 g/mol. The lowest BCUT2D eigenvalue weighted by molar-refractivity contribution is -0.121. The van der Waals surface area contributed by atoms with E-state index in [2.05, 4.69) is 10.4 Å². The van der Waals surface area contributed by atoms with Crippen LogP contribution in [0.1, 0.15) is 5.56 Å². The lowest BCUT2D eigenvalue weighted by Crippen LogP contribution is -2.34. The SMILES string of the molecule is COc1ccc(CCNC(=O)Cn2ncc3ccc(OC)c(OC)c3c2=O)cc1OC. The first-order valence-electron chi connectivity index (χ1n) is 9.60. The van der Waals surface area contributed by atoms with Crippen LogP contribution in [0.25, 0.3) is 10.8 Å². The number of hydrogen-bond acceptors (Lipinski definition) is 7. The molecule has 0 saturated heterocycles. The molecule has 1 heterocycles. The highest BCUT2D eigenvalue weighted by molar-refractivity contribution is 5.89. The van der Waals surface area contributed by atoms with Crippen molar-refractivity contribution in [3.63, 3.8) is 0 Å². The van der Waals surface area contributed by atoms with Crippen molar-refractivity contribution >= 4 is 16.7 Å². The number of carbonyl (C=O) groups is 1. The molecule has 1 aromatic heterocycles. The predicted molar refractivity (Wildman–Crippen MR) is 115 cm³/mol. The summed E-state index contributed by atoms with van der Waals surface area (Å²) < 4.78 is 22.2. The van der Waals surface area contributed by atoms with Gasteiger partial charge in [0.05, 0.1) is 40.0 Å². The topological polar surface area (TPSA) is 101 Å². The summed E-state index contributed by atoms with van der Waals surface area (Å²) in [6, 6.07) is 9.00. The van der Waals surface area contributed by atoms with Gasteiger partial charge in [0.2, 0.25) is 5.91 Å². The van der Waals surface area contributed by atoms with Crippen molar-refractivity contribution in [1.82, 2.24) is 15.1 Å². The molecule has 0 aliphatic heterocycles. The van der Waals surface area contributed by atoms with Crippen LogP contribution < -0.4 is 29.8 Å². The van der Waals surface area contributed by atoms with E-state index in [4.69, 9.17) is 18.9 Å². The number of aromatic nitrogens is 2. The molecule has 0 radical (unpaired) electrons. The van der Waals surface area contributed by atoms with Crippen LogP contribution in [0, 0.1) is 0 Å². The molecule has 1 N–H and O–H groups in total. The maximum Gasteiger partial charge on any atom is 0.279 e. The van der Waals surface area contributed by atoms with Gasteiger partial charge in [-0.25, -0.2) is 4.68 Å². The highest BCUT2D eigenvalue weighted by atomic mass is 16.5. The number of methoxy groups -OCH3 is 4. The van der Waals surface area contributed by atoms with Crippen LogP contribution in [0.3, 0.4) is 0 Å². The Labute approximate surface area is 179 Å². The Morgan fingerprint density at radius 2 is 1.68 bits per heavy atom. The van der Waals surface area contributed by atoms with E-state index >= 15 is 0 Å². The van der Waals surface area contributed by atoms with Gasteiger partial charge >= 0.3 is 0 Å². The average Bonchev–Trinajstić information content (AvgIpc) is 2.79. The fourth-order valence-corrected chi connectivity index (χ4v) is 3.27. The van der Waals surface area contributed by atoms with E-state index in [-0.39, 0.29) is 12.5 Å². The maximum absolute atomic E-state index is 12.9. The lowest BCUT2D eigenvalue weighted by atomic mass is 10.1. The Balaban J connectivity index is 1.69. The molecule has 9 heteroatoms. The first-order valence-corrected chi connectivity index (χ1v) is 9.60. The number of nitrogens with zero attached hydrogens (tertiary/aromatic N) is 2. The minimum absolute atomic E-state index is 0.207. The zero-order chi connectivity index (χ0) is 22.4. The van der Waals surface area contributed by atoms with Crippen LogP contribution in [0.5, 0.6) is 23.0 Å². The molecule has 0 aliphatic rings. The zero-order valence-corrected chi connectivity index (χ0v) is 17.9. The van der Waals surface area contributed by atoms with Gasteiger partial charge in [0.25, 0.3) is 5.56 Å². The average molecular weight is 427 g/mol. The molecule has 0 unspecified atom stereocenters. The molecule has 0 saturated carbocycles. The van der Waals surface area contributed by atoms with Crippen LogP contribution in [0.15, 0.2) is 41.3 Å². The van der Waals surface area contributed by atoms with E-state index in [0.717, 1.165) is 10.2 Å². The quantitative estimate of drug-likeness (QED) is 0.556. The van der Waals surface area contributed by atoms with E-state index in [1.165, 1.54) is 20.4 Å².